The van der Waals surface area contributed by atoms with Gasteiger partial charge >= 0.3 is 0 Å². The van der Waals surface area contributed by atoms with Crippen molar-refractivity contribution in [2.24, 2.45) is 4.99 Å². The molecule has 0 radical (unpaired) electrons. The summed E-state index contributed by atoms with van der Waals surface area (Å²) >= 11 is 0. The van der Waals surface area contributed by atoms with Crippen LogP contribution in [0.25, 0.3) is 0 Å². The molecule has 7 nitrogen and oxygen atoms in total. The van der Waals surface area contributed by atoms with Crippen LogP contribution in [0.1, 0.15) is 70.9 Å². The lowest BCUT2D eigenvalue weighted by atomic mass is 9.93. The second-order valence-electron chi connectivity index (χ2n) is 6.91. The van der Waals surface area contributed by atoms with Crippen molar-refractivity contribution >= 4 is 5.96 Å². The summed E-state index contributed by atoms with van der Waals surface area (Å²) in [6.07, 6.45) is 6.92. The predicted molar refractivity (Wildman–Crippen MR) is 101 cm³/mol. The van der Waals surface area contributed by atoms with E-state index in [2.05, 4.69) is 44.2 Å². The number of aromatic nitrogens is 3. The first-order chi connectivity index (χ1) is 12.1. The lowest BCUT2D eigenvalue weighted by Gasteiger charge is -2.28. The standard InChI is InChI=1S/C18H34N6O/c1-4-10-18(25,11-5-2)14-21-17(19-6-3)20-13-16-23-22-15-9-7-8-12-24(15)16/h25H,4-14H2,1-3H3,(H2,19,20,21). The fourth-order valence-corrected chi connectivity index (χ4v) is 3.46. The Morgan fingerprint density at radius 2 is 1.92 bits per heavy atom. The van der Waals surface area contributed by atoms with Gasteiger partial charge in [0.05, 0.1) is 5.60 Å². The fourth-order valence-electron chi connectivity index (χ4n) is 3.46. The zero-order valence-corrected chi connectivity index (χ0v) is 16.0. The number of nitrogens with zero attached hydrogens (tertiary/aromatic N) is 4. The van der Waals surface area contributed by atoms with Gasteiger partial charge in [-0.3, -0.25) is 0 Å². The quantitative estimate of drug-likeness (QED) is 0.468. The van der Waals surface area contributed by atoms with Gasteiger partial charge in [0.25, 0.3) is 0 Å². The highest BCUT2D eigenvalue weighted by molar-refractivity contribution is 5.79. The van der Waals surface area contributed by atoms with Gasteiger partial charge in [-0.1, -0.05) is 26.7 Å². The van der Waals surface area contributed by atoms with Crippen LogP contribution in [0.3, 0.4) is 0 Å². The largest absolute Gasteiger partial charge is 0.388 e. The van der Waals surface area contributed by atoms with Gasteiger partial charge in [-0.05, 0) is 32.6 Å². The molecule has 0 saturated heterocycles. The summed E-state index contributed by atoms with van der Waals surface area (Å²) in [6.45, 7) is 9.04. The third kappa shape index (κ3) is 5.70. The summed E-state index contributed by atoms with van der Waals surface area (Å²) in [6, 6.07) is 0. The van der Waals surface area contributed by atoms with E-state index in [-0.39, 0.29) is 0 Å². The van der Waals surface area contributed by atoms with Crippen molar-refractivity contribution in [3.63, 3.8) is 0 Å². The van der Waals surface area contributed by atoms with E-state index < -0.39 is 5.60 Å². The first-order valence-corrected chi connectivity index (χ1v) is 9.77. The normalized spacial score (nSPS) is 15.1. The van der Waals surface area contributed by atoms with E-state index in [1.807, 2.05) is 6.92 Å². The maximum absolute atomic E-state index is 10.8. The van der Waals surface area contributed by atoms with Gasteiger partial charge in [0.2, 0.25) is 0 Å². The lowest BCUT2D eigenvalue weighted by Crippen LogP contribution is -2.47. The van der Waals surface area contributed by atoms with Crippen molar-refractivity contribution in [3.05, 3.63) is 11.6 Å². The molecule has 0 fully saturated rings. The third-order valence-electron chi connectivity index (χ3n) is 4.67. The molecule has 142 valence electrons. The molecule has 1 aromatic heterocycles. The molecular weight excluding hydrogens is 316 g/mol. The lowest BCUT2D eigenvalue weighted by molar-refractivity contribution is 0.0257. The van der Waals surface area contributed by atoms with Gasteiger partial charge in [0.15, 0.2) is 11.8 Å². The van der Waals surface area contributed by atoms with Crippen LogP contribution in [0.5, 0.6) is 0 Å². The third-order valence-corrected chi connectivity index (χ3v) is 4.67. The van der Waals surface area contributed by atoms with Crippen molar-refractivity contribution in [1.82, 2.24) is 25.4 Å². The molecule has 3 N–H and O–H groups in total. The monoisotopic (exact) mass is 350 g/mol. The number of hydrogen-bond acceptors (Lipinski definition) is 4. The van der Waals surface area contributed by atoms with E-state index in [1.54, 1.807) is 0 Å². The highest BCUT2D eigenvalue weighted by Crippen LogP contribution is 2.18. The van der Waals surface area contributed by atoms with Crippen LogP contribution in [0.2, 0.25) is 0 Å². The van der Waals surface area contributed by atoms with Crippen LogP contribution in [0.15, 0.2) is 4.99 Å². The molecule has 0 spiro atoms. The van der Waals surface area contributed by atoms with Crippen molar-refractivity contribution in [2.45, 2.75) is 84.4 Å². The summed E-state index contributed by atoms with van der Waals surface area (Å²) in [5, 5.41) is 25.9. The van der Waals surface area contributed by atoms with Gasteiger partial charge in [0, 0.05) is 26.1 Å². The maximum atomic E-state index is 10.8. The van der Waals surface area contributed by atoms with Gasteiger partial charge in [-0.15, -0.1) is 10.2 Å². The Balaban J connectivity index is 1.99. The molecule has 0 bridgehead atoms. The van der Waals surface area contributed by atoms with E-state index in [0.29, 0.717) is 13.1 Å². The molecule has 7 heteroatoms. The van der Waals surface area contributed by atoms with Gasteiger partial charge in [0.1, 0.15) is 12.4 Å². The molecule has 2 heterocycles. The molecular formula is C18H34N6O. The summed E-state index contributed by atoms with van der Waals surface area (Å²) in [5.74, 6) is 2.72. The smallest absolute Gasteiger partial charge is 0.191 e. The molecule has 0 amide bonds. The summed E-state index contributed by atoms with van der Waals surface area (Å²) in [5.41, 5.74) is -0.673. The van der Waals surface area contributed by atoms with Crippen molar-refractivity contribution < 1.29 is 5.11 Å². The fraction of sp³-hybridized carbons (Fsp3) is 0.833. The molecule has 0 aromatic carbocycles. The predicted octanol–water partition coefficient (Wildman–Crippen LogP) is 2.00. The van der Waals surface area contributed by atoms with Gasteiger partial charge < -0.3 is 20.3 Å². The zero-order chi connectivity index (χ0) is 18.1. The zero-order valence-electron chi connectivity index (χ0n) is 16.0. The SMILES string of the molecule is CCCC(O)(CCC)CNC(=NCc1nnc2n1CCCC2)NCC. The molecule has 25 heavy (non-hydrogen) atoms. The molecule has 0 aliphatic carbocycles. The van der Waals surface area contributed by atoms with Crippen molar-refractivity contribution in [3.8, 4) is 0 Å². The van der Waals surface area contributed by atoms with Crippen LogP contribution < -0.4 is 10.6 Å². The van der Waals surface area contributed by atoms with Gasteiger partial charge in [-0.2, -0.15) is 0 Å². The first kappa shape index (κ1) is 19.7. The number of aryl methyl sites for hydroxylation is 1. The minimum Gasteiger partial charge on any atom is -0.388 e. The topological polar surface area (TPSA) is 87.4 Å². The van der Waals surface area contributed by atoms with Crippen LogP contribution in [-0.2, 0) is 19.5 Å². The van der Waals surface area contributed by atoms with E-state index >= 15 is 0 Å². The molecule has 1 aliphatic heterocycles. The Labute approximate surface area is 151 Å². The van der Waals surface area contributed by atoms with Crippen LogP contribution >= 0.6 is 0 Å². The Bertz CT molecular complexity index is 548. The van der Waals surface area contributed by atoms with Crippen LogP contribution in [-0.4, -0.2) is 44.5 Å². The average Bonchev–Trinajstić information content (AvgIpc) is 3.01. The number of aliphatic imine (C=N–C) groups is 1. The second kappa shape index (κ2) is 9.75. The Morgan fingerprint density at radius 3 is 2.60 bits per heavy atom. The molecule has 0 unspecified atom stereocenters. The van der Waals surface area contributed by atoms with Crippen molar-refractivity contribution in [2.75, 3.05) is 13.1 Å². The number of guanidine groups is 1. The van der Waals surface area contributed by atoms with Gasteiger partial charge in [-0.25, -0.2) is 4.99 Å². The molecule has 1 aromatic rings. The first-order valence-electron chi connectivity index (χ1n) is 9.77. The van der Waals surface area contributed by atoms with E-state index in [1.165, 1.54) is 12.8 Å². The number of hydrogen-bond donors (Lipinski definition) is 3. The Hall–Kier alpha value is -1.63. The number of nitrogens with one attached hydrogen (secondary N) is 2. The van der Waals surface area contributed by atoms with E-state index in [4.69, 9.17) is 0 Å². The summed E-state index contributed by atoms with van der Waals surface area (Å²) in [4.78, 5) is 4.65. The number of fused-ring (bicyclic) bond motifs is 1. The summed E-state index contributed by atoms with van der Waals surface area (Å²) < 4.78 is 2.20. The van der Waals surface area contributed by atoms with Crippen LogP contribution in [0, 0.1) is 0 Å². The van der Waals surface area contributed by atoms with Crippen LogP contribution in [0.4, 0.5) is 0 Å². The number of rotatable bonds is 9. The minimum atomic E-state index is -0.673. The number of aliphatic hydroxyl groups is 1. The highest BCUT2D eigenvalue weighted by Gasteiger charge is 2.25. The minimum absolute atomic E-state index is 0.502. The molecule has 2 rings (SSSR count). The molecule has 1 aliphatic rings. The Morgan fingerprint density at radius 1 is 1.16 bits per heavy atom. The highest BCUT2D eigenvalue weighted by atomic mass is 16.3. The molecule has 0 atom stereocenters. The molecule has 0 saturated carbocycles. The summed E-state index contributed by atoms with van der Waals surface area (Å²) in [7, 11) is 0. The average molecular weight is 351 g/mol. The second-order valence-corrected chi connectivity index (χ2v) is 6.91. The van der Waals surface area contributed by atoms with E-state index in [9.17, 15) is 5.11 Å². The maximum Gasteiger partial charge on any atom is 0.191 e. The van der Waals surface area contributed by atoms with Crippen molar-refractivity contribution in [1.29, 1.82) is 0 Å². The van der Waals surface area contributed by atoms with E-state index in [0.717, 1.165) is 62.8 Å². The Kier molecular flexibility index (Phi) is 7.68.